The van der Waals surface area contributed by atoms with Crippen LogP contribution in [0.25, 0.3) is 0 Å². The number of hydrogen-bond donors (Lipinski definition) is 2. The molecule has 1 saturated heterocycles. The van der Waals surface area contributed by atoms with Crippen LogP contribution in [-0.2, 0) is 9.47 Å². The molecule has 2 aromatic rings. The van der Waals surface area contributed by atoms with Gasteiger partial charge >= 0.3 is 0 Å². The molecule has 27 heavy (non-hydrogen) atoms. The van der Waals surface area contributed by atoms with Crippen LogP contribution in [0.5, 0.6) is 11.5 Å². The summed E-state index contributed by atoms with van der Waals surface area (Å²) in [6.45, 7) is 0.801. The van der Waals surface area contributed by atoms with Crippen LogP contribution in [0.3, 0.4) is 0 Å². The van der Waals surface area contributed by atoms with Crippen LogP contribution < -0.4 is 0 Å². The lowest BCUT2D eigenvalue weighted by Crippen LogP contribution is -2.02. The van der Waals surface area contributed by atoms with Crippen LogP contribution in [-0.4, -0.2) is 39.6 Å². The molecule has 0 spiro atoms. The molecule has 0 aliphatic carbocycles. The van der Waals surface area contributed by atoms with Gasteiger partial charge in [-0.15, -0.1) is 0 Å². The fourth-order valence-electron chi connectivity index (χ4n) is 2.24. The van der Waals surface area contributed by atoms with Gasteiger partial charge in [0, 0.05) is 12.1 Å². The van der Waals surface area contributed by atoms with E-state index in [1.54, 1.807) is 0 Å². The van der Waals surface area contributed by atoms with Gasteiger partial charge in [-0.05, 0) is 24.3 Å². The first-order valence-corrected chi connectivity index (χ1v) is 7.46. The Balaban J connectivity index is 0.000000199. The Morgan fingerprint density at radius 2 is 1.44 bits per heavy atom. The molecule has 0 bridgehead atoms. The van der Waals surface area contributed by atoms with E-state index in [0.29, 0.717) is 19.5 Å². The Morgan fingerprint density at radius 1 is 0.926 bits per heavy atom. The molecule has 2 N–H and O–H groups in total. The predicted octanol–water partition coefficient (Wildman–Crippen LogP) is 2.46. The Hall–Kier alpha value is -3.57. The fraction of sp³-hybridized carbons (Fsp3) is 0.188. The van der Waals surface area contributed by atoms with Crippen LogP contribution in [0.4, 0.5) is 11.4 Å². The maximum Gasteiger partial charge on any atom is 0.280 e. The van der Waals surface area contributed by atoms with Crippen molar-refractivity contribution >= 4 is 17.7 Å². The summed E-state index contributed by atoms with van der Waals surface area (Å²) in [7, 11) is 0. The van der Waals surface area contributed by atoms with Gasteiger partial charge in [0.2, 0.25) is 0 Å². The first-order chi connectivity index (χ1) is 12.8. The van der Waals surface area contributed by atoms with Crippen molar-refractivity contribution < 1.29 is 34.3 Å². The summed E-state index contributed by atoms with van der Waals surface area (Å²) >= 11 is 0. The third kappa shape index (κ3) is 4.96. The number of rotatable bonds is 4. The summed E-state index contributed by atoms with van der Waals surface area (Å²) in [6, 6.07) is 7.07. The molecule has 11 nitrogen and oxygen atoms in total. The number of ether oxygens (including phenoxy) is 2. The number of carbonyl (C=O) groups excluding carboxylic acids is 1. The second-order valence-electron chi connectivity index (χ2n) is 5.19. The van der Waals surface area contributed by atoms with E-state index in [1.165, 1.54) is 18.2 Å². The largest absolute Gasteiger partial charge is 0.508 e. The SMILES string of the molecule is O=Cc1cc(O)ccc1[N+](=O)[O-].O=[N+]([O-])c1ccc(O)cc1C1OCCO1. The van der Waals surface area contributed by atoms with Gasteiger partial charge in [0.25, 0.3) is 11.4 Å². The molecule has 0 saturated carbocycles. The summed E-state index contributed by atoms with van der Waals surface area (Å²) in [5.41, 5.74) is -0.292. The van der Waals surface area contributed by atoms with Gasteiger partial charge in [0.05, 0.1) is 34.2 Å². The number of phenolic OH excluding ortho intramolecular Hbond substituents is 2. The number of carbonyl (C=O) groups is 1. The van der Waals surface area contributed by atoms with Crippen molar-refractivity contribution in [3.63, 3.8) is 0 Å². The van der Waals surface area contributed by atoms with Gasteiger partial charge in [-0.25, -0.2) is 0 Å². The highest BCUT2D eigenvalue weighted by molar-refractivity contribution is 5.82. The van der Waals surface area contributed by atoms with Crippen molar-refractivity contribution in [3.05, 3.63) is 67.8 Å². The van der Waals surface area contributed by atoms with E-state index < -0.39 is 16.1 Å². The average molecular weight is 378 g/mol. The number of hydrogen-bond acceptors (Lipinski definition) is 9. The number of benzene rings is 2. The van der Waals surface area contributed by atoms with Crippen molar-refractivity contribution in [2.75, 3.05) is 13.2 Å². The Morgan fingerprint density at radius 3 is 1.96 bits per heavy atom. The Bertz CT molecular complexity index is 863. The third-order valence-corrected chi connectivity index (χ3v) is 3.42. The third-order valence-electron chi connectivity index (χ3n) is 3.42. The number of nitro groups is 2. The minimum Gasteiger partial charge on any atom is -0.508 e. The molecule has 3 rings (SSSR count). The highest BCUT2D eigenvalue weighted by Crippen LogP contribution is 2.33. The molecule has 0 unspecified atom stereocenters. The van der Waals surface area contributed by atoms with Gasteiger partial charge in [-0.2, -0.15) is 0 Å². The van der Waals surface area contributed by atoms with E-state index in [0.717, 1.165) is 18.2 Å². The van der Waals surface area contributed by atoms with E-state index in [1.807, 2.05) is 0 Å². The van der Waals surface area contributed by atoms with Gasteiger partial charge in [0.15, 0.2) is 12.6 Å². The maximum atomic E-state index is 10.7. The molecule has 0 aromatic heterocycles. The minimum atomic E-state index is -0.752. The first-order valence-electron chi connectivity index (χ1n) is 7.46. The molecule has 1 heterocycles. The summed E-state index contributed by atoms with van der Waals surface area (Å²) < 4.78 is 10.3. The highest BCUT2D eigenvalue weighted by Gasteiger charge is 2.27. The number of nitro benzene ring substituents is 2. The van der Waals surface area contributed by atoms with Crippen LogP contribution in [0.2, 0.25) is 0 Å². The lowest BCUT2D eigenvalue weighted by Gasteiger charge is -2.09. The number of aldehydes is 1. The van der Waals surface area contributed by atoms with Crippen molar-refractivity contribution in [1.29, 1.82) is 0 Å². The molecule has 1 aliphatic heterocycles. The number of phenols is 2. The smallest absolute Gasteiger partial charge is 0.280 e. The molecular formula is C16H14N2O9. The van der Waals surface area contributed by atoms with Crippen molar-refractivity contribution in [3.8, 4) is 11.5 Å². The van der Waals surface area contributed by atoms with Gasteiger partial charge in [-0.1, -0.05) is 0 Å². The van der Waals surface area contributed by atoms with E-state index in [9.17, 15) is 30.1 Å². The quantitative estimate of drug-likeness (QED) is 0.462. The lowest BCUT2D eigenvalue weighted by molar-refractivity contribution is -0.386. The average Bonchev–Trinajstić information content (AvgIpc) is 3.16. The van der Waals surface area contributed by atoms with Crippen LogP contribution in [0.15, 0.2) is 36.4 Å². The molecule has 0 radical (unpaired) electrons. The predicted molar refractivity (Wildman–Crippen MR) is 89.6 cm³/mol. The van der Waals surface area contributed by atoms with E-state index in [-0.39, 0.29) is 34.0 Å². The van der Waals surface area contributed by atoms with Crippen molar-refractivity contribution in [1.82, 2.24) is 0 Å². The van der Waals surface area contributed by atoms with Gasteiger partial charge < -0.3 is 19.7 Å². The maximum absolute atomic E-state index is 10.7. The summed E-state index contributed by atoms with van der Waals surface area (Å²) in [4.78, 5) is 30.0. The van der Waals surface area contributed by atoms with Crippen molar-refractivity contribution in [2.45, 2.75) is 6.29 Å². The molecule has 0 amide bonds. The molecule has 0 atom stereocenters. The van der Waals surface area contributed by atoms with Crippen LogP contribution >= 0.6 is 0 Å². The molecule has 2 aromatic carbocycles. The Kier molecular flexibility index (Phi) is 6.36. The standard InChI is InChI=1S/C9H9NO5.C7H5NO4/c11-6-1-2-8(10(12)13)7(5-6)9-14-3-4-15-9;9-4-5-3-6(10)1-2-7(5)8(11)12/h1-2,5,9,11H,3-4H2;1-4,10H. The summed E-state index contributed by atoms with van der Waals surface area (Å²) in [6.07, 6.45) is -0.421. The molecule has 1 aliphatic rings. The zero-order valence-electron chi connectivity index (χ0n) is 13.7. The first kappa shape index (κ1) is 19.8. The van der Waals surface area contributed by atoms with Gasteiger partial charge in [-0.3, -0.25) is 25.0 Å². The highest BCUT2D eigenvalue weighted by atomic mass is 16.7. The zero-order chi connectivity index (χ0) is 20.0. The van der Waals surface area contributed by atoms with E-state index >= 15 is 0 Å². The number of nitrogens with zero attached hydrogens (tertiary/aromatic N) is 2. The van der Waals surface area contributed by atoms with Gasteiger partial charge in [0.1, 0.15) is 11.5 Å². The zero-order valence-corrected chi connectivity index (χ0v) is 13.7. The topological polar surface area (TPSA) is 162 Å². The molecule has 142 valence electrons. The minimum absolute atomic E-state index is 0.0466. The monoisotopic (exact) mass is 378 g/mol. The van der Waals surface area contributed by atoms with Crippen LogP contribution in [0, 0.1) is 20.2 Å². The second-order valence-corrected chi connectivity index (χ2v) is 5.19. The molecule has 1 fully saturated rings. The number of aromatic hydroxyl groups is 2. The van der Waals surface area contributed by atoms with E-state index in [2.05, 4.69) is 0 Å². The fourth-order valence-corrected chi connectivity index (χ4v) is 2.24. The van der Waals surface area contributed by atoms with E-state index in [4.69, 9.17) is 14.6 Å². The lowest BCUT2D eigenvalue weighted by atomic mass is 10.1. The Labute approximate surface area is 151 Å². The summed E-state index contributed by atoms with van der Waals surface area (Å²) in [5, 5.41) is 39.1. The normalized spacial score (nSPS) is 13.5. The van der Waals surface area contributed by atoms with Crippen LogP contribution in [0.1, 0.15) is 22.2 Å². The molecule has 11 heteroatoms. The van der Waals surface area contributed by atoms with Crippen molar-refractivity contribution in [2.24, 2.45) is 0 Å². The summed E-state index contributed by atoms with van der Waals surface area (Å²) in [5.74, 6) is -0.211. The second kappa shape index (κ2) is 8.69. The molecular weight excluding hydrogens is 364 g/mol.